The normalized spacial score (nSPS) is 11.0. The topological polar surface area (TPSA) is 43.7 Å². The lowest BCUT2D eigenvalue weighted by atomic mass is 10.1. The molecule has 3 nitrogen and oxygen atoms in total. The summed E-state index contributed by atoms with van der Waals surface area (Å²) in [5.41, 5.74) is 2.31. The van der Waals surface area contributed by atoms with Gasteiger partial charge < -0.3 is 15.1 Å². The SMILES string of the molecule is CCN(CCCc1ccccc1)CCCc1ccc(O)cc1O. The van der Waals surface area contributed by atoms with Crippen LogP contribution in [0.2, 0.25) is 0 Å². The molecule has 0 fully saturated rings. The number of rotatable bonds is 9. The van der Waals surface area contributed by atoms with Crippen LogP contribution < -0.4 is 0 Å². The smallest absolute Gasteiger partial charge is 0.122 e. The van der Waals surface area contributed by atoms with Crippen LogP contribution >= 0.6 is 0 Å². The van der Waals surface area contributed by atoms with Gasteiger partial charge in [-0.1, -0.05) is 43.3 Å². The zero-order chi connectivity index (χ0) is 16.5. The predicted octanol–water partition coefficient (Wildman–Crippen LogP) is 3.99. The van der Waals surface area contributed by atoms with Crippen molar-refractivity contribution in [1.82, 2.24) is 4.90 Å². The van der Waals surface area contributed by atoms with Crippen molar-refractivity contribution >= 4 is 0 Å². The summed E-state index contributed by atoms with van der Waals surface area (Å²) in [5, 5.41) is 19.1. The van der Waals surface area contributed by atoms with Gasteiger partial charge in [0.1, 0.15) is 11.5 Å². The fourth-order valence-electron chi connectivity index (χ4n) is 2.84. The number of phenols is 2. The summed E-state index contributed by atoms with van der Waals surface area (Å²) >= 11 is 0. The lowest BCUT2D eigenvalue weighted by Crippen LogP contribution is -2.26. The van der Waals surface area contributed by atoms with Crippen molar-refractivity contribution in [2.75, 3.05) is 19.6 Å². The average Bonchev–Trinajstić information content (AvgIpc) is 2.56. The molecular formula is C20H27NO2. The molecule has 0 aliphatic heterocycles. The largest absolute Gasteiger partial charge is 0.508 e. The minimum absolute atomic E-state index is 0.113. The molecular weight excluding hydrogens is 286 g/mol. The fraction of sp³-hybridized carbons (Fsp3) is 0.400. The summed E-state index contributed by atoms with van der Waals surface area (Å²) in [6, 6.07) is 15.5. The third-order valence-corrected chi connectivity index (χ3v) is 4.22. The van der Waals surface area contributed by atoms with Crippen molar-refractivity contribution in [2.45, 2.75) is 32.6 Å². The van der Waals surface area contributed by atoms with Gasteiger partial charge in [0, 0.05) is 6.07 Å². The van der Waals surface area contributed by atoms with E-state index in [1.165, 1.54) is 18.1 Å². The Morgan fingerprint density at radius 2 is 1.57 bits per heavy atom. The maximum Gasteiger partial charge on any atom is 0.122 e. The molecule has 2 rings (SSSR count). The van der Waals surface area contributed by atoms with Crippen molar-refractivity contribution in [1.29, 1.82) is 0 Å². The van der Waals surface area contributed by atoms with Crippen molar-refractivity contribution in [3.05, 3.63) is 59.7 Å². The number of nitrogens with zero attached hydrogens (tertiary/aromatic N) is 1. The van der Waals surface area contributed by atoms with Crippen molar-refractivity contribution in [2.24, 2.45) is 0 Å². The van der Waals surface area contributed by atoms with Gasteiger partial charge in [0.2, 0.25) is 0 Å². The van der Waals surface area contributed by atoms with Crippen LogP contribution in [-0.4, -0.2) is 34.7 Å². The molecule has 2 aromatic rings. The van der Waals surface area contributed by atoms with E-state index >= 15 is 0 Å². The van der Waals surface area contributed by atoms with Crippen LogP contribution in [0.4, 0.5) is 0 Å². The monoisotopic (exact) mass is 313 g/mol. The molecule has 0 unspecified atom stereocenters. The van der Waals surface area contributed by atoms with Gasteiger partial charge in [-0.05, 0) is 62.5 Å². The van der Waals surface area contributed by atoms with E-state index in [1.54, 1.807) is 12.1 Å². The molecule has 3 heteroatoms. The maximum atomic E-state index is 9.81. The first kappa shape index (κ1) is 17.4. The molecule has 2 N–H and O–H groups in total. The van der Waals surface area contributed by atoms with Crippen LogP contribution in [0.3, 0.4) is 0 Å². The summed E-state index contributed by atoms with van der Waals surface area (Å²) in [7, 11) is 0. The highest BCUT2D eigenvalue weighted by Gasteiger charge is 2.05. The third-order valence-electron chi connectivity index (χ3n) is 4.22. The molecule has 0 amide bonds. The Hall–Kier alpha value is -2.00. The maximum absolute atomic E-state index is 9.81. The van der Waals surface area contributed by atoms with Gasteiger partial charge in [0.05, 0.1) is 0 Å². The molecule has 0 radical (unpaired) electrons. The van der Waals surface area contributed by atoms with E-state index < -0.39 is 0 Å². The van der Waals surface area contributed by atoms with Gasteiger partial charge in [0.25, 0.3) is 0 Å². The second-order valence-corrected chi connectivity index (χ2v) is 5.94. The Bertz CT molecular complexity index is 583. The summed E-state index contributed by atoms with van der Waals surface area (Å²) in [6.45, 7) is 5.38. The Morgan fingerprint density at radius 1 is 0.870 bits per heavy atom. The Balaban J connectivity index is 1.70. The van der Waals surface area contributed by atoms with Gasteiger partial charge in [-0.15, -0.1) is 0 Å². The summed E-state index contributed by atoms with van der Waals surface area (Å²) in [6.07, 6.45) is 4.14. The van der Waals surface area contributed by atoms with E-state index in [-0.39, 0.29) is 11.5 Å². The van der Waals surface area contributed by atoms with Crippen molar-refractivity contribution in [3.63, 3.8) is 0 Å². The van der Waals surface area contributed by atoms with Gasteiger partial charge in [-0.2, -0.15) is 0 Å². The molecule has 0 saturated carbocycles. The number of phenolic OH excluding ortho intramolecular Hbond substituents is 2. The molecule has 0 atom stereocenters. The van der Waals surface area contributed by atoms with E-state index in [0.717, 1.165) is 44.5 Å². The Morgan fingerprint density at radius 3 is 2.22 bits per heavy atom. The van der Waals surface area contributed by atoms with E-state index in [4.69, 9.17) is 0 Å². The summed E-state index contributed by atoms with van der Waals surface area (Å²) in [5.74, 6) is 0.305. The lowest BCUT2D eigenvalue weighted by molar-refractivity contribution is 0.280. The van der Waals surface area contributed by atoms with Crippen LogP contribution in [0.15, 0.2) is 48.5 Å². The minimum Gasteiger partial charge on any atom is -0.508 e. The quantitative estimate of drug-likeness (QED) is 0.736. The predicted molar refractivity (Wildman–Crippen MR) is 95.0 cm³/mol. The highest BCUT2D eigenvalue weighted by atomic mass is 16.3. The molecule has 124 valence electrons. The Labute approximate surface area is 139 Å². The molecule has 0 aliphatic carbocycles. The number of hydrogen-bond acceptors (Lipinski definition) is 3. The van der Waals surface area contributed by atoms with Gasteiger partial charge in [0.15, 0.2) is 0 Å². The second kappa shape index (κ2) is 9.21. The first-order valence-electron chi connectivity index (χ1n) is 8.46. The highest BCUT2D eigenvalue weighted by Crippen LogP contribution is 2.23. The standard InChI is InChI=1S/C20H27NO2/c1-2-21(14-6-10-17-8-4-3-5-9-17)15-7-11-18-12-13-19(22)16-20(18)23/h3-5,8-9,12-13,16,22-23H,2,6-7,10-11,14-15H2,1H3. The third kappa shape index (κ3) is 5.95. The van der Waals surface area contributed by atoms with Gasteiger partial charge >= 0.3 is 0 Å². The first-order chi connectivity index (χ1) is 11.2. The fourth-order valence-corrected chi connectivity index (χ4v) is 2.84. The minimum atomic E-state index is 0.113. The van der Waals surface area contributed by atoms with Gasteiger partial charge in [-0.25, -0.2) is 0 Å². The highest BCUT2D eigenvalue weighted by molar-refractivity contribution is 5.38. The zero-order valence-corrected chi connectivity index (χ0v) is 13.9. The molecule has 0 saturated heterocycles. The molecule has 0 heterocycles. The summed E-state index contributed by atoms with van der Waals surface area (Å²) < 4.78 is 0. The molecule has 0 aliphatic rings. The lowest BCUT2D eigenvalue weighted by Gasteiger charge is -2.20. The number of benzene rings is 2. The molecule has 0 spiro atoms. The van der Waals surface area contributed by atoms with Crippen molar-refractivity contribution < 1.29 is 10.2 Å². The van der Waals surface area contributed by atoms with Crippen LogP contribution in [0.25, 0.3) is 0 Å². The summed E-state index contributed by atoms with van der Waals surface area (Å²) in [4.78, 5) is 2.46. The van der Waals surface area contributed by atoms with Crippen LogP contribution in [0, 0.1) is 0 Å². The first-order valence-corrected chi connectivity index (χ1v) is 8.46. The molecule has 23 heavy (non-hydrogen) atoms. The van der Waals surface area contributed by atoms with Crippen LogP contribution in [0.5, 0.6) is 11.5 Å². The Kier molecular flexibility index (Phi) is 6.95. The average molecular weight is 313 g/mol. The van der Waals surface area contributed by atoms with Gasteiger partial charge in [-0.3, -0.25) is 0 Å². The molecule has 0 aromatic heterocycles. The molecule has 0 bridgehead atoms. The number of aryl methyl sites for hydroxylation is 2. The van der Waals surface area contributed by atoms with Crippen LogP contribution in [0.1, 0.15) is 30.9 Å². The van der Waals surface area contributed by atoms with Crippen LogP contribution in [-0.2, 0) is 12.8 Å². The van der Waals surface area contributed by atoms with E-state index in [1.807, 2.05) is 0 Å². The van der Waals surface area contributed by atoms with E-state index in [0.29, 0.717) is 0 Å². The van der Waals surface area contributed by atoms with E-state index in [2.05, 4.69) is 42.2 Å². The second-order valence-electron chi connectivity index (χ2n) is 5.94. The number of aromatic hydroxyl groups is 2. The van der Waals surface area contributed by atoms with Crippen molar-refractivity contribution in [3.8, 4) is 11.5 Å². The van der Waals surface area contributed by atoms with E-state index in [9.17, 15) is 10.2 Å². The number of hydrogen-bond donors (Lipinski definition) is 2. The molecule has 2 aromatic carbocycles. The zero-order valence-electron chi connectivity index (χ0n) is 13.9.